The van der Waals surface area contributed by atoms with Gasteiger partial charge in [-0.05, 0) is 111 Å². The minimum atomic E-state index is -0.763. The zero-order valence-electron chi connectivity index (χ0n) is 22.6. The summed E-state index contributed by atoms with van der Waals surface area (Å²) < 4.78 is 7.94. The summed E-state index contributed by atoms with van der Waals surface area (Å²) in [4.78, 5) is 39.8. The molecule has 1 saturated heterocycles. The fourth-order valence-corrected chi connectivity index (χ4v) is 5.02. The molecule has 2 heterocycles. The van der Waals surface area contributed by atoms with E-state index in [1.807, 2.05) is 92.9 Å². The Kier molecular flexibility index (Phi) is 7.32. The second-order valence-electron chi connectivity index (χ2n) is 9.87. The minimum Gasteiger partial charge on any atom is -0.489 e. The summed E-state index contributed by atoms with van der Waals surface area (Å²) >= 11 is 5.95. The van der Waals surface area contributed by atoms with E-state index < -0.39 is 17.8 Å². The Hall–Kier alpha value is -4.62. The maximum Gasteiger partial charge on any atom is 0.335 e. The topological polar surface area (TPSA) is 80.6 Å². The lowest BCUT2D eigenvalue weighted by atomic mass is 10.1. The third-order valence-corrected chi connectivity index (χ3v) is 7.00. The van der Waals surface area contributed by atoms with Crippen LogP contribution in [0.1, 0.15) is 33.6 Å². The third kappa shape index (κ3) is 5.42. The lowest BCUT2D eigenvalue weighted by Gasteiger charge is -2.27. The first kappa shape index (κ1) is 27.0. The summed E-state index contributed by atoms with van der Waals surface area (Å²) in [5, 5.41) is 2.99. The number of anilines is 1. The van der Waals surface area contributed by atoms with E-state index in [0.717, 1.165) is 44.4 Å². The number of rotatable bonds is 6. The largest absolute Gasteiger partial charge is 0.489 e. The van der Waals surface area contributed by atoms with Crippen molar-refractivity contribution in [2.45, 2.75) is 34.3 Å². The van der Waals surface area contributed by atoms with Crippen molar-refractivity contribution in [3.8, 4) is 11.4 Å². The monoisotopic (exact) mass is 553 g/mol. The van der Waals surface area contributed by atoms with Gasteiger partial charge in [0.1, 0.15) is 17.9 Å². The number of barbiturate groups is 1. The normalized spacial score (nSPS) is 14.6. The van der Waals surface area contributed by atoms with Crippen LogP contribution in [0.15, 0.2) is 78.4 Å². The standard InChI is InChI=1S/C32H28ClN3O4/c1-19-13-20(2)15-27(14-19)36-31(38)29(30(37)34-32(36)39)17-24-16-21(3)35(22(24)4)26-9-11-28(12-10-26)40-18-23-5-7-25(33)8-6-23/h5-17H,18H2,1-4H3,(H,34,37,39)/b29-17+. The summed E-state index contributed by atoms with van der Waals surface area (Å²) in [5.74, 6) is -0.655. The highest BCUT2D eigenvalue weighted by Gasteiger charge is 2.37. The van der Waals surface area contributed by atoms with Crippen LogP contribution >= 0.6 is 11.6 Å². The maximum atomic E-state index is 13.4. The van der Waals surface area contributed by atoms with Gasteiger partial charge < -0.3 is 9.30 Å². The van der Waals surface area contributed by atoms with E-state index in [0.29, 0.717) is 22.9 Å². The molecule has 0 atom stereocenters. The van der Waals surface area contributed by atoms with Gasteiger partial charge in [0.25, 0.3) is 11.8 Å². The highest BCUT2D eigenvalue weighted by atomic mass is 35.5. The molecular formula is C32H28ClN3O4. The molecule has 0 spiro atoms. The van der Waals surface area contributed by atoms with E-state index in [2.05, 4.69) is 5.32 Å². The molecule has 1 aliphatic rings. The number of nitrogens with zero attached hydrogens (tertiary/aromatic N) is 2. The van der Waals surface area contributed by atoms with Gasteiger partial charge in [-0.25, -0.2) is 9.69 Å². The molecule has 0 radical (unpaired) electrons. The summed E-state index contributed by atoms with van der Waals surface area (Å²) in [6, 6.07) is 21.8. The molecule has 0 bridgehead atoms. The van der Waals surface area contributed by atoms with Gasteiger partial charge in [-0.15, -0.1) is 0 Å². The first-order valence-electron chi connectivity index (χ1n) is 12.8. The van der Waals surface area contributed by atoms with Crippen molar-refractivity contribution in [1.29, 1.82) is 0 Å². The molecule has 0 saturated carbocycles. The Balaban J connectivity index is 1.40. The summed E-state index contributed by atoms with van der Waals surface area (Å²) in [6.45, 7) is 8.07. The third-order valence-electron chi connectivity index (χ3n) is 6.75. The van der Waals surface area contributed by atoms with Crippen molar-refractivity contribution >= 4 is 41.2 Å². The van der Waals surface area contributed by atoms with Gasteiger partial charge in [0.15, 0.2) is 0 Å². The first-order chi connectivity index (χ1) is 19.1. The number of amides is 4. The predicted octanol–water partition coefficient (Wildman–Crippen LogP) is 6.61. The van der Waals surface area contributed by atoms with Gasteiger partial charge in [0, 0.05) is 22.1 Å². The van der Waals surface area contributed by atoms with E-state index in [1.165, 1.54) is 0 Å². The molecule has 4 aromatic rings. The molecule has 0 aliphatic carbocycles. The summed E-state index contributed by atoms with van der Waals surface area (Å²) in [5.41, 5.74) is 6.51. The van der Waals surface area contributed by atoms with E-state index in [-0.39, 0.29) is 5.57 Å². The van der Waals surface area contributed by atoms with E-state index in [1.54, 1.807) is 18.2 Å². The Bertz CT molecular complexity index is 1650. The van der Waals surface area contributed by atoms with Crippen LogP contribution in [0.4, 0.5) is 10.5 Å². The molecule has 1 aliphatic heterocycles. The number of imide groups is 2. The van der Waals surface area contributed by atoms with Gasteiger partial charge in [-0.3, -0.25) is 14.9 Å². The molecule has 1 fully saturated rings. The van der Waals surface area contributed by atoms with Crippen molar-refractivity contribution in [2.24, 2.45) is 0 Å². The summed E-state index contributed by atoms with van der Waals surface area (Å²) in [6.07, 6.45) is 1.54. The van der Waals surface area contributed by atoms with Gasteiger partial charge in [0.2, 0.25) is 0 Å². The van der Waals surface area contributed by atoms with Crippen molar-refractivity contribution in [1.82, 2.24) is 9.88 Å². The SMILES string of the molecule is Cc1cc(C)cc(N2C(=O)NC(=O)/C(=C\c3cc(C)n(-c4ccc(OCc5ccc(Cl)cc5)cc4)c3C)C2=O)c1. The molecule has 8 heteroatoms. The number of aromatic nitrogens is 1. The fraction of sp³-hybridized carbons (Fsp3) is 0.156. The molecule has 1 N–H and O–H groups in total. The van der Waals surface area contributed by atoms with Gasteiger partial charge >= 0.3 is 6.03 Å². The molecule has 202 valence electrons. The smallest absolute Gasteiger partial charge is 0.335 e. The second kappa shape index (κ2) is 10.9. The van der Waals surface area contributed by atoms with Crippen LogP contribution in [0.25, 0.3) is 11.8 Å². The van der Waals surface area contributed by atoms with Crippen LogP contribution in [0, 0.1) is 27.7 Å². The molecule has 4 amide bonds. The maximum absolute atomic E-state index is 13.4. The lowest BCUT2D eigenvalue weighted by Crippen LogP contribution is -2.54. The molecule has 40 heavy (non-hydrogen) atoms. The highest BCUT2D eigenvalue weighted by molar-refractivity contribution is 6.39. The number of carbonyl (C=O) groups excluding carboxylic acids is 3. The van der Waals surface area contributed by atoms with Crippen LogP contribution in [-0.2, 0) is 16.2 Å². The molecule has 7 nitrogen and oxygen atoms in total. The zero-order valence-corrected chi connectivity index (χ0v) is 23.4. The number of halogens is 1. The highest BCUT2D eigenvalue weighted by Crippen LogP contribution is 2.28. The van der Waals surface area contributed by atoms with Crippen molar-refractivity contribution in [3.63, 3.8) is 0 Å². The van der Waals surface area contributed by atoms with E-state index in [9.17, 15) is 14.4 Å². The number of hydrogen-bond donors (Lipinski definition) is 1. The Morgan fingerprint density at radius 2 is 1.48 bits per heavy atom. The molecule has 3 aromatic carbocycles. The predicted molar refractivity (Wildman–Crippen MR) is 156 cm³/mol. The average molecular weight is 554 g/mol. The van der Waals surface area contributed by atoms with Gasteiger partial charge in [-0.1, -0.05) is 29.8 Å². The average Bonchev–Trinajstić information content (AvgIpc) is 3.18. The van der Waals surface area contributed by atoms with Gasteiger partial charge in [-0.2, -0.15) is 0 Å². The quantitative estimate of drug-likeness (QED) is 0.215. The molecule has 1 aromatic heterocycles. The van der Waals surface area contributed by atoms with Crippen LogP contribution in [-0.4, -0.2) is 22.4 Å². The fourth-order valence-electron chi connectivity index (χ4n) is 4.90. The number of ether oxygens (including phenoxy) is 1. The number of nitrogens with one attached hydrogen (secondary N) is 1. The first-order valence-corrected chi connectivity index (χ1v) is 13.1. The van der Waals surface area contributed by atoms with Crippen LogP contribution in [0.3, 0.4) is 0 Å². The lowest BCUT2D eigenvalue weighted by molar-refractivity contribution is -0.122. The molecule has 5 rings (SSSR count). The number of aryl methyl sites for hydroxylation is 3. The molecule has 0 unspecified atom stereocenters. The van der Waals surface area contributed by atoms with Crippen molar-refractivity contribution in [3.05, 3.63) is 117 Å². The van der Waals surface area contributed by atoms with Crippen LogP contribution < -0.4 is 15.0 Å². The number of urea groups is 1. The number of carbonyl (C=O) groups is 3. The van der Waals surface area contributed by atoms with Crippen molar-refractivity contribution in [2.75, 3.05) is 4.90 Å². The Morgan fingerprint density at radius 3 is 2.12 bits per heavy atom. The minimum absolute atomic E-state index is 0.107. The van der Waals surface area contributed by atoms with Gasteiger partial charge in [0.05, 0.1) is 5.69 Å². The van der Waals surface area contributed by atoms with E-state index in [4.69, 9.17) is 16.3 Å². The number of hydrogen-bond acceptors (Lipinski definition) is 4. The second-order valence-corrected chi connectivity index (χ2v) is 10.3. The summed E-state index contributed by atoms with van der Waals surface area (Å²) in [7, 11) is 0. The Labute approximate surface area is 237 Å². The number of benzene rings is 3. The Morgan fingerprint density at radius 1 is 0.825 bits per heavy atom. The van der Waals surface area contributed by atoms with Crippen LogP contribution in [0.2, 0.25) is 5.02 Å². The van der Waals surface area contributed by atoms with Crippen molar-refractivity contribution < 1.29 is 19.1 Å². The zero-order chi connectivity index (χ0) is 28.6. The van der Waals surface area contributed by atoms with Crippen LogP contribution in [0.5, 0.6) is 5.75 Å². The molecular weight excluding hydrogens is 526 g/mol. The van der Waals surface area contributed by atoms with E-state index >= 15 is 0 Å².